The van der Waals surface area contributed by atoms with Gasteiger partial charge in [0.2, 0.25) is 10.0 Å². The van der Waals surface area contributed by atoms with Crippen molar-refractivity contribution in [2.75, 3.05) is 19.4 Å². The van der Waals surface area contributed by atoms with E-state index in [1.165, 1.54) is 13.2 Å². The highest BCUT2D eigenvalue weighted by Gasteiger charge is 2.34. The molecule has 0 aliphatic carbocycles. The van der Waals surface area contributed by atoms with Crippen LogP contribution in [0.25, 0.3) is 0 Å². The maximum Gasteiger partial charge on any atom is 0.324 e. The molecule has 0 aromatic rings. The molecule has 21 heavy (non-hydrogen) atoms. The van der Waals surface area contributed by atoms with Crippen LogP contribution in [0.15, 0.2) is 12.7 Å². The van der Waals surface area contributed by atoms with E-state index < -0.39 is 30.1 Å². The molecule has 0 aromatic carbocycles. The number of ether oxygens (including phenoxy) is 1. The molecule has 120 valence electrons. The zero-order valence-corrected chi connectivity index (χ0v) is 15.1. The number of nitrogens with zero attached hydrogens (tertiary/aromatic N) is 1. The molecule has 0 rings (SSSR count). The second kappa shape index (κ2) is 8.37. The van der Waals surface area contributed by atoms with Crippen LogP contribution in [-0.4, -0.2) is 52.2 Å². The number of sulfonamides is 1. The summed E-state index contributed by atoms with van der Waals surface area (Å²) in [5.74, 6) is 1.68. The maximum atomic E-state index is 12.5. The SMILES string of the molecule is C#CCN(C(CC=C)C(=O)OC)S(=O)(=O)CC[Si](C)(C)C. The van der Waals surface area contributed by atoms with E-state index in [1.807, 2.05) is 0 Å². The van der Waals surface area contributed by atoms with Crippen molar-refractivity contribution in [3.63, 3.8) is 0 Å². The van der Waals surface area contributed by atoms with Gasteiger partial charge in [-0.15, -0.1) is 13.0 Å². The number of hydrogen-bond donors (Lipinski definition) is 0. The largest absolute Gasteiger partial charge is 0.468 e. The summed E-state index contributed by atoms with van der Waals surface area (Å²) in [7, 11) is -3.91. The number of methoxy groups -OCH3 is 1. The molecule has 0 fully saturated rings. The van der Waals surface area contributed by atoms with Crippen LogP contribution in [0.5, 0.6) is 0 Å². The number of carbonyl (C=O) groups is 1. The van der Waals surface area contributed by atoms with Crippen LogP contribution in [0.1, 0.15) is 6.42 Å². The van der Waals surface area contributed by atoms with Gasteiger partial charge in [0.05, 0.1) is 19.4 Å². The molecule has 1 unspecified atom stereocenters. The molecule has 0 saturated heterocycles. The van der Waals surface area contributed by atoms with Gasteiger partial charge in [-0.2, -0.15) is 4.31 Å². The molecular formula is C14H25NO4SSi. The fourth-order valence-corrected chi connectivity index (χ4v) is 6.22. The molecule has 0 radical (unpaired) electrons. The fourth-order valence-electron chi connectivity index (χ4n) is 1.67. The summed E-state index contributed by atoms with van der Waals surface area (Å²) in [6.45, 7) is 9.68. The Morgan fingerprint density at radius 3 is 2.43 bits per heavy atom. The Morgan fingerprint density at radius 1 is 1.48 bits per heavy atom. The molecule has 0 aliphatic heterocycles. The third-order valence-corrected chi connectivity index (χ3v) is 6.86. The Bertz CT molecular complexity index is 502. The molecule has 0 bridgehead atoms. The predicted octanol–water partition coefficient (Wildman–Crippen LogP) is 1.71. The summed E-state index contributed by atoms with van der Waals surface area (Å²) in [5.41, 5.74) is 0. The Hall–Kier alpha value is -1.10. The third kappa shape index (κ3) is 6.93. The van der Waals surface area contributed by atoms with Crippen LogP contribution in [-0.2, 0) is 19.6 Å². The summed E-state index contributed by atoms with van der Waals surface area (Å²) < 4.78 is 30.8. The van der Waals surface area contributed by atoms with E-state index in [2.05, 4.69) is 36.9 Å². The molecule has 1 atom stereocenters. The zero-order chi connectivity index (χ0) is 16.7. The lowest BCUT2D eigenvalue weighted by atomic mass is 10.2. The molecule has 0 heterocycles. The minimum atomic E-state index is -3.62. The first-order valence-corrected chi connectivity index (χ1v) is 12.0. The average Bonchev–Trinajstić information content (AvgIpc) is 2.39. The van der Waals surface area contributed by atoms with Crippen molar-refractivity contribution < 1.29 is 17.9 Å². The van der Waals surface area contributed by atoms with Gasteiger partial charge in [-0.1, -0.05) is 31.6 Å². The molecular weight excluding hydrogens is 306 g/mol. The van der Waals surface area contributed by atoms with Crippen molar-refractivity contribution in [1.82, 2.24) is 4.31 Å². The second-order valence-corrected chi connectivity index (χ2v) is 13.6. The Kier molecular flexibility index (Phi) is 7.93. The van der Waals surface area contributed by atoms with Gasteiger partial charge < -0.3 is 4.74 Å². The van der Waals surface area contributed by atoms with Crippen molar-refractivity contribution in [2.45, 2.75) is 38.1 Å². The van der Waals surface area contributed by atoms with Crippen LogP contribution < -0.4 is 0 Å². The monoisotopic (exact) mass is 331 g/mol. The first-order valence-electron chi connectivity index (χ1n) is 6.70. The minimum absolute atomic E-state index is 0.00492. The van der Waals surface area contributed by atoms with E-state index in [1.54, 1.807) is 0 Å². The van der Waals surface area contributed by atoms with E-state index in [0.29, 0.717) is 6.04 Å². The summed E-state index contributed by atoms with van der Waals surface area (Å²) >= 11 is 0. The minimum Gasteiger partial charge on any atom is -0.468 e. The molecule has 0 N–H and O–H groups in total. The predicted molar refractivity (Wildman–Crippen MR) is 88.1 cm³/mol. The lowest BCUT2D eigenvalue weighted by Crippen LogP contribution is -2.47. The highest BCUT2D eigenvalue weighted by molar-refractivity contribution is 7.89. The third-order valence-electron chi connectivity index (χ3n) is 2.93. The van der Waals surface area contributed by atoms with E-state index in [-0.39, 0.29) is 18.7 Å². The fraction of sp³-hybridized carbons (Fsp3) is 0.643. The lowest BCUT2D eigenvalue weighted by Gasteiger charge is -2.28. The smallest absolute Gasteiger partial charge is 0.324 e. The van der Waals surface area contributed by atoms with Gasteiger partial charge in [-0.05, 0) is 12.5 Å². The van der Waals surface area contributed by atoms with Crippen molar-refractivity contribution in [1.29, 1.82) is 0 Å². The van der Waals surface area contributed by atoms with Gasteiger partial charge in [0.1, 0.15) is 6.04 Å². The zero-order valence-electron chi connectivity index (χ0n) is 13.3. The molecule has 0 aromatic heterocycles. The van der Waals surface area contributed by atoms with Crippen LogP contribution in [0.4, 0.5) is 0 Å². The van der Waals surface area contributed by atoms with Crippen LogP contribution in [0.2, 0.25) is 25.7 Å². The normalized spacial score (nSPS) is 13.5. The number of hydrogen-bond acceptors (Lipinski definition) is 4. The van der Waals surface area contributed by atoms with Gasteiger partial charge in [-0.3, -0.25) is 4.79 Å². The van der Waals surface area contributed by atoms with Crippen LogP contribution in [0, 0.1) is 12.3 Å². The Balaban J connectivity index is 5.38. The molecule has 0 saturated carbocycles. The molecule has 5 nitrogen and oxygen atoms in total. The van der Waals surface area contributed by atoms with E-state index in [0.717, 1.165) is 4.31 Å². The first-order chi connectivity index (χ1) is 9.59. The summed E-state index contributed by atoms with van der Waals surface area (Å²) in [5, 5.41) is 0. The van der Waals surface area contributed by atoms with Crippen molar-refractivity contribution in [2.24, 2.45) is 0 Å². The number of terminal acetylenes is 1. The first kappa shape index (κ1) is 19.9. The topological polar surface area (TPSA) is 63.7 Å². The highest BCUT2D eigenvalue weighted by atomic mass is 32.2. The van der Waals surface area contributed by atoms with Gasteiger partial charge in [0, 0.05) is 8.07 Å². The Labute approximate surface area is 129 Å². The second-order valence-electron chi connectivity index (χ2n) is 5.94. The highest BCUT2D eigenvalue weighted by Crippen LogP contribution is 2.17. The standard InChI is InChI=1S/C14H25NO4SSi/c1-7-9-13(14(16)19-3)15(10-8-2)20(17,18)11-12-21(4,5)6/h2,7,13H,1,9-12H2,3-6H3. The van der Waals surface area contributed by atoms with Gasteiger partial charge in [0.25, 0.3) is 0 Å². The molecule has 0 aliphatic rings. The molecule has 7 heteroatoms. The Morgan fingerprint density at radius 2 is 2.05 bits per heavy atom. The molecule has 0 spiro atoms. The van der Waals surface area contributed by atoms with E-state index in [9.17, 15) is 13.2 Å². The number of carbonyl (C=O) groups excluding carboxylic acids is 1. The van der Waals surface area contributed by atoms with Crippen molar-refractivity contribution in [3.8, 4) is 12.3 Å². The van der Waals surface area contributed by atoms with Gasteiger partial charge in [0.15, 0.2) is 0 Å². The van der Waals surface area contributed by atoms with Crippen LogP contribution in [0.3, 0.4) is 0 Å². The van der Waals surface area contributed by atoms with Crippen molar-refractivity contribution in [3.05, 3.63) is 12.7 Å². The number of esters is 1. The van der Waals surface area contributed by atoms with Crippen molar-refractivity contribution >= 4 is 24.1 Å². The maximum absolute atomic E-state index is 12.5. The van der Waals surface area contributed by atoms with E-state index >= 15 is 0 Å². The number of rotatable bonds is 9. The average molecular weight is 332 g/mol. The van der Waals surface area contributed by atoms with Gasteiger partial charge in [-0.25, -0.2) is 8.42 Å². The lowest BCUT2D eigenvalue weighted by molar-refractivity contribution is -0.144. The van der Waals surface area contributed by atoms with E-state index in [4.69, 9.17) is 6.42 Å². The summed E-state index contributed by atoms with van der Waals surface area (Å²) in [4.78, 5) is 11.8. The summed E-state index contributed by atoms with van der Waals surface area (Å²) in [6.07, 6.45) is 6.91. The summed E-state index contributed by atoms with van der Waals surface area (Å²) in [6, 6.07) is -0.339. The molecule has 0 amide bonds. The quantitative estimate of drug-likeness (QED) is 0.279. The van der Waals surface area contributed by atoms with Gasteiger partial charge >= 0.3 is 5.97 Å². The van der Waals surface area contributed by atoms with Crippen LogP contribution >= 0.6 is 0 Å².